The predicted molar refractivity (Wildman–Crippen MR) is 86.4 cm³/mol. The number of amides is 2. The normalized spacial score (nSPS) is 18.8. The minimum absolute atomic E-state index is 0.170. The Morgan fingerprint density at radius 2 is 1.62 bits per heavy atom. The third kappa shape index (κ3) is 3.42. The fourth-order valence-corrected chi connectivity index (χ4v) is 2.52. The van der Waals surface area contributed by atoms with Gasteiger partial charge in [0.1, 0.15) is 0 Å². The summed E-state index contributed by atoms with van der Waals surface area (Å²) in [5.41, 5.74) is 1.83. The van der Waals surface area contributed by atoms with Crippen LogP contribution in [0, 0.1) is 30.4 Å². The van der Waals surface area contributed by atoms with Crippen molar-refractivity contribution in [3.63, 3.8) is 0 Å². The van der Waals surface area contributed by atoms with Crippen LogP contribution in [0.3, 0.4) is 0 Å². The molecule has 0 aliphatic heterocycles. The van der Waals surface area contributed by atoms with Gasteiger partial charge in [-0.05, 0) is 37.1 Å². The number of benzene rings is 2. The molecule has 124 valence electrons. The van der Waals surface area contributed by atoms with Crippen LogP contribution >= 0.6 is 0 Å². The molecule has 1 fully saturated rings. The van der Waals surface area contributed by atoms with E-state index in [0.29, 0.717) is 12.1 Å². The van der Waals surface area contributed by atoms with Crippen molar-refractivity contribution in [2.45, 2.75) is 13.3 Å². The van der Waals surface area contributed by atoms with Crippen molar-refractivity contribution in [3.05, 3.63) is 59.7 Å². The average Bonchev–Trinajstić information content (AvgIpc) is 3.34. The minimum Gasteiger partial charge on any atom is -0.326 e. The maximum absolute atomic E-state index is 13.1. The molecule has 1 aliphatic carbocycles. The van der Waals surface area contributed by atoms with E-state index < -0.39 is 23.5 Å². The first-order valence-electron chi connectivity index (χ1n) is 7.58. The SMILES string of the molecule is Cc1ccccc1NC(=O)C1CC1C(=O)Nc1ccc(F)c(F)c1. The van der Waals surface area contributed by atoms with E-state index in [1.54, 1.807) is 6.07 Å². The van der Waals surface area contributed by atoms with Gasteiger partial charge < -0.3 is 10.6 Å². The molecule has 6 heteroatoms. The van der Waals surface area contributed by atoms with Crippen LogP contribution in [-0.2, 0) is 9.59 Å². The van der Waals surface area contributed by atoms with E-state index in [4.69, 9.17) is 0 Å². The fourth-order valence-electron chi connectivity index (χ4n) is 2.52. The van der Waals surface area contributed by atoms with E-state index in [0.717, 1.165) is 17.7 Å². The Morgan fingerprint density at radius 1 is 0.958 bits per heavy atom. The second-order valence-electron chi connectivity index (χ2n) is 5.87. The maximum atomic E-state index is 13.1. The topological polar surface area (TPSA) is 58.2 Å². The monoisotopic (exact) mass is 330 g/mol. The Kier molecular flexibility index (Phi) is 4.29. The summed E-state index contributed by atoms with van der Waals surface area (Å²) >= 11 is 0. The number of para-hydroxylation sites is 1. The molecule has 2 unspecified atom stereocenters. The number of halogens is 2. The summed E-state index contributed by atoms with van der Waals surface area (Å²) in [7, 11) is 0. The molecule has 2 amide bonds. The van der Waals surface area contributed by atoms with Crippen molar-refractivity contribution in [3.8, 4) is 0 Å². The predicted octanol–water partition coefficient (Wildman–Crippen LogP) is 3.49. The summed E-state index contributed by atoms with van der Waals surface area (Å²) in [6, 6.07) is 10.5. The highest BCUT2D eigenvalue weighted by Crippen LogP contribution is 2.40. The summed E-state index contributed by atoms with van der Waals surface area (Å²) in [5, 5.41) is 5.32. The maximum Gasteiger partial charge on any atom is 0.228 e. The molecule has 2 atom stereocenters. The Hall–Kier alpha value is -2.76. The molecule has 1 aliphatic rings. The van der Waals surface area contributed by atoms with Crippen LogP contribution in [0.2, 0.25) is 0 Å². The number of anilines is 2. The quantitative estimate of drug-likeness (QED) is 0.901. The van der Waals surface area contributed by atoms with Gasteiger partial charge in [-0.1, -0.05) is 18.2 Å². The summed E-state index contributed by atoms with van der Waals surface area (Å²) < 4.78 is 26.0. The molecule has 0 saturated heterocycles. The molecule has 1 saturated carbocycles. The zero-order chi connectivity index (χ0) is 17.3. The van der Waals surface area contributed by atoms with E-state index in [-0.39, 0.29) is 17.5 Å². The number of nitrogens with one attached hydrogen (secondary N) is 2. The third-order valence-electron chi connectivity index (χ3n) is 4.05. The second kappa shape index (κ2) is 6.39. The lowest BCUT2D eigenvalue weighted by atomic mass is 10.2. The number of rotatable bonds is 4. The molecule has 0 aromatic heterocycles. The van der Waals surface area contributed by atoms with Crippen LogP contribution in [0.15, 0.2) is 42.5 Å². The van der Waals surface area contributed by atoms with E-state index in [9.17, 15) is 18.4 Å². The van der Waals surface area contributed by atoms with Crippen molar-refractivity contribution in [2.24, 2.45) is 11.8 Å². The van der Waals surface area contributed by atoms with Crippen LogP contribution in [0.25, 0.3) is 0 Å². The van der Waals surface area contributed by atoms with Gasteiger partial charge in [0.25, 0.3) is 0 Å². The van der Waals surface area contributed by atoms with Crippen LogP contribution in [0.5, 0.6) is 0 Å². The molecule has 0 bridgehead atoms. The van der Waals surface area contributed by atoms with Gasteiger partial charge in [0.2, 0.25) is 11.8 Å². The highest BCUT2D eigenvalue weighted by Gasteiger charge is 2.48. The molecule has 2 aromatic rings. The zero-order valence-corrected chi connectivity index (χ0v) is 13.0. The average molecular weight is 330 g/mol. The molecule has 24 heavy (non-hydrogen) atoms. The Balaban J connectivity index is 1.58. The lowest BCUT2D eigenvalue weighted by Gasteiger charge is -2.08. The number of carbonyl (C=O) groups is 2. The third-order valence-corrected chi connectivity index (χ3v) is 4.05. The van der Waals surface area contributed by atoms with Crippen molar-refractivity contribution >= 4 is 23.2 Å². The van der Waals surface area contributed by atoms with E-state index >= 15 is 0 Å². The standard InChI is InChI=1S/C18H16F2N2O2/c1-10-4-2-3-5-16(10)22-18(24)13-9-12(13)17(23)21-11-6-7-14(19)15(20)8-11/h2-8,12-13H,9H2,1H3,(H,21,23)(H,22,24). The first-order valence-corrected chi connectivity index (χ1v) is 7.58. The number of hydrogen-bond acceptors (Lipinski definition) is 2. The molecule has 4 nitrogen and oxygen atoms in total. The van der Waals surface area contributed by atoms with Gasteiger partial charge in [-0.2, -0.15) is 0 Å². The van der Waals surface area contributed by atoms with Gasteiger partial charge >= 0.3 is 0 Å². The van der Waals surface area contributed by atoms with Crippen LogP contribution in [0.1, 0.15) is 12.0 Å². The molecule has 0 radical (unpaired) electrons. The van der Waals surface area contributed by atoms with Gasteiger partial charge in [-0.15, -0.1) is 0 Å². The Labute approximate surface area is 137 Å². The van der Waals surface area contributed by atoms with Crippen LogP contribution in [0.4, 0.5) is 20.2 Å². The molecule has 0 heterocycles. The fraction of sp³-hybridized carbons (Fsp3) is 0.222. The first kappa shape index (κ1) is 16.1. The van der Waals surface area contributed by atoms with Crippen molar-refractivity contribution in [1.29, 1.82) is 0 Å². The Morgan fingerprint density at radius 3 is 2.29 bits per heavy atom. The van der Waals surface area contributed by atoms with Gasteiger partial charge in [-0.3, -0.25) is 9.59 Å². The van der Waals surface area contributed by atoms with Gasteiger partial charge in [0.15, 0.2) is 11.6 Å². The van der Waals surface area contributed by atoms with Gasteiger partial charge in [0, 0.05) is 17.4 Å². The number of hydrogen-bond donors (Lipinski definition) is 2. The van der Waals surface area contributed by atoms with Crippen molar-refractivity contribution in [2.75, 3.05) is 10.6 Å². The second-order valence-corrected chi connectivity index (χ2v) is 5.87. The summed E-state index contributed by atoms with van der Waals surface area (Å²) in [4.78, 5) is 24.3. The summed E-state index contributed by atoms with van der Waals surface area (Å²) in [6.07, 6.45) is 0.438. The summed E-state index contributed by atoms with van der Waals surface area (Å²) in [5.74, 6) is -3.45. The van der Waals surface area contributed by atoms with Crippen LogP contribution in [-0.4, -0.2) is 11.8 Å². The van der Waals surface area contributed by atoms with Crippen molar-refractivity contribution < 1.29 is 18.4 Å². The molecular weight excluding hydrogens is 314 g/mol. The lowest BCUT2D eigenvalue weighted by molar-refractivity contribution is -0.122. The van der Waals surface area contributed by atoms with E-state index in [1.807, 2.05) is 25.1 Å². The van der Waals surface area contributed by atoms with E-state index in [1.165, 1.54) is 6.07 Å². The number of carbonyl (C=O) groups excluding carboxylic acids is 2. The van der Waals surface area contributed by atoms with Gasteiger partial charge in [-0.25, -0.2) is 8.78 Å². The highest BCUT2D eigenvalue weighted by molar-refractivity contribution is 6.03. The molecule has 3 rings (SSSR count). The lowest BCUT2D eigenvalue weighted by Crippen LogP contribution is -2.21. The smallest absolute Gasteiger partial charge is 0.228 e. The van der Waals surface area contributed by atoms with E-state index in [2.05, 4.69) is 10.6 Å². The molecular formula is C18H16F2N2O2. The molecule has 2 N–H and O–H groups in total. The molecule has 0 spiro atoms. The largest absolute Gasteiger partial charge is 0.326 e. The van der Waals surface area contributed by atoms with Gasteiger partial charge in [0.05, 0.1) is 11.8 Å². The molecule has 2 aromatic carbocycles. The minimum atomic E-state index is -1.03. The summed E-state index contributed by atoms with van der Waals surface area (Å²) in [6.45, 7) is 1.88. The Bertz CT molecular complexity index is 807. The highest BCUT2D eigenvalue weighted by atomic mass is 19.2. The number of aryl methyl sites for hydroxylation is 1. The van der Waals surface area contributed by atoms with Crippen LogP contribution < -0.4 is 10.6 Å². The van der Waals surface area contributed by atoms with Crippen molar-refractivity contribution in [1.82, 2.24) is 0 Å². The first-order chi connectivity index (χ1) is 11.5. The zero-order valence-electron chi connectivity index (χ0n) is 13.0.